The van der Waals surface area contributed by atoms with Gasteiger partial charge in [-0.2, -0.15) is 0 Å². The van der Waals surface area contributed by atoms with Crippen molar-refractivity contribution in [1.29, 1.82) is 0 Å². The highest BCUT2D eigenvalue weighted by Crippen LogP contribution is 2.30. The van der Waals surface area contributed by atoms with E-state index in [-0.39, 0.29) is 11.3 Å². The summed E-state index contributed by atoms with van der Waals surface area (Å²) in [6.45, 7) is 1.95. The first-order valence-electron chi connectivity index (χ1n) is 8.15. The number of pyridine rings is 2. The zero-order chi connectivity index (χ0) is 17.4. The maximum absolute atomic E-state index is 11.8. The van der Waals surface area contributed by atoms with Crippen LogP contribution in [0.15, 0.2) is 65.7 Å². The van der Waals surface area contributed by atoms with Crippen LogP contribution < -0.4 is 5.56 Å². The SMILES string of the molecule is CCc1c(O)cc(=O)[nH]c1-c1ccc2c(ccn2-c2ccccn2)c1. The van der Waals surface area contributed by atoms with Crippen molar-refractivity contribution in [1.82, 2.24) is 14.5 Å². The third-order valence-electron chi connectivity index (χ3n) is 4.36. The summed E-state index contributed by atoms with van der Waals surface area (Å²) < 4.78 is 2.02. The number of aromatic nitrogens is 3. The molecule has 0 radical (unpaired) electrons. The molecule has 0 spiro atoms. The Kier molecular flexibility index (Phi) is 3.61. The van der Waals surface area contributed by atoms with E-state index >= 15 is 0 Å². The first-order chi connectivity index (χ1) is 12.2. The van der Waals surface area contributed by atoms with Crippen LogP contribution in [0.4, 0.5) is 0 Å². The number of benzene rings is 1. The van der Waals surface area contributed by atoms with E-state index in [0.29, 0.717) is 12.1 Å². The molecule has 0 saturated carbocycles. The molecule has 0 aliphatic carbocycles. The zero-order valence-electron chi connectivity index (χ0n) is 13.7. The molecule has 0 unspecified atom stereocenters. The van der Waals surface area contributed by atoms with Crippen molar-refractivity contribution < 1.29 is 5.11 Å². The number of H-pyrrole nitrogens is 1. The fraction of sp³-hybridized carbons (Fsp3) is 0.100. The lowest BCUT2D eigenvalue weighted by molar-refractivity contribution is 0.467. The third kappa shape index (κ3) is 2.59. The van der Waals surface area contributed by atoms with Gasteiger partial charge in [0.25, 0.3) is 5.56 Å². The molecule has 2 N–H and O–H groups in total. The standard InChI is InChI=1S/C20H17N3O2/c1-2-15-17(24)12-19(25)22-20(15)14-6-7-16-13(11-14)8-10-23(16)18-5-3-4-9-21-18/h3-12H,2H2,1H3,(H2,22,24,25). The second-order valence-electron chi connectivity index (χ2n) is 5.87. The first kappa shape index (κ1) is 15.2. The number of hydrogen-bond acceptors (Lipinski definition) is 3. The van der Waals surface area contributed by atoms with Gasteiger partial charge in [-0.25, -0.2) is 4.98 Å². The molecule has 0 aliphatic rings. The molecule has 5 heteroatoms. The second-order valence-corrected chi connectivity index (χ2v) is 5.87. The Morgan fingerprint density at radius 3 is 2.80 bits per heavy atom. The monoisotopic (exact) mass is 331 g/mol. The molecule has 0 bridgehead atoms. The Hall–Kier alpha value is -3.34. The van der Waals surface area contributed by atoms with E-state index in [1.165, 1.54) is 6.07 Å². The number of hydrogen-bond donors (Lipinski definition) is 2. The van der Waals surface area contributed by atoms with Crippen molar-refractivity contribution in [3.8, 4) is 22.8 Å². The van der Waals surface area contributed by atoms with Crippen LogP contribution in [0.5, 0.6) is 5.75 Å². The minimum atomic E-state index is -0.309. The molecule has 4 aromatic rings. The lowest BCUT2D eigenvalue weighted by atomic mass is 10.0. The topological polar surface area (TPSA) is 70.9 Å². The van der Waals surface area contributed by atoms with E-state index in [0.717, 1.165) is 27.8 Å². The number of fused-ring (bicyclic) bond motifs is 1. The van der Waals surface area contributed by atoms with Crippen molar-refractivity contribution in [3.05, 3.63) is 76.8 Å². The van der Waals surface area contributed by atoms with Crippen LogP contribution in [0.25, 0.3) is 28.0 Å². The van der Waals surface area contributed by atoms with Gasteiger partial charge in [-0.1, -0.05) is 19.1 Å². The Bertz CT molecular complexity index is 1110. The second kappa shape index (κ2) is 5.94. The minimum Gasteiger partial charge on any atom is -0.507 e. The largest absolute Gasteiger partial charge is 0.507 e. The van der Waals surface area contributed by atoms with Crippen molar-refractivity contribution in [2.45, 2.75) is 13.3 Å². The Labute approximate surface area is 144 Å². The number of nitrogens with zero attached hydrogens (tertiary/aromatic N) is 2. The molecule has 1 aromatic carbocycles. The van der Waals surface area contributed by atoms with E-state index in [9.17, 15) is 9.90 Å². The van der Waals surface area contributed by atoms with E-state index in [2.05, 4.69) is 9.97 Å². The number of aromatic amines is 1. The van der Waals surface area contributed by atoms with Crippen molar-refractivity contribution in [2.75, 3.05) is 0 Å². The lowest BCUT2D eigenvalue weighted by Gasteiger charge is -2.10. The predicted octanol–water partition coefficient (Wildman–Crippen LogP) is 3.65. The van der Waals surface area contributed by atoms with E-state index in [1.54, 1.807) is 6.20 Å². The molecule has 3 heterocycles. The molecule has 0 fully saturated rings. The van der Waals surface area contributed by atoms with Crippen LogP contribution in [-0.2, 0) is 6.42 Å². The highest BCUT2D eigenvalue weighted by molar-refractivity contribution is 5.86. The maximum Gasteiger partial charge on any atom is 0.252 e. The van der Waals surface area contributed by atoms with E-state index in [4.69, 9.17) is 0 Å². The Morgan fingerprint density at radius 1 is 1.16 bits per heavy atom. The van der Waals surface area contributed by atoms with Gasteiger partial charge in [-0.3, -0.25) is 4.79 Å². The first-order valence-corrected chi connectivity index (χ1v) is 8.15. The molecule has 3 aromatic heterocycles. The van der Waals surface area contributed by atoms with Gasteiger partial charge in [-0.15, -0.1) is 0 Å². The molecule has 5 nitrogen and oxygen atoms in total. The van der Waals surface area contributed by atoms with Crippen molar-refractivity contribution in [3.63, 3.8) is 0 Å². The number of nitrogens with one attached hydrogen (secondary N) is 1. The molecule has 0 saturated heterocycles. The summed E-state index contributed by atoms with van der Waals surface area (Å²) in [5, 5.41) is 11.1. The van der Waals surface area contributed by atoms with E-state index in [1.807, 2.05) is 60.2 Å². The third-order valence-corrected chi connectivity index (χ3v) is 4.36. The molecular weight excluding hydrogens is 314 g/mol. The Morgan fingerprint density at radius 2 is 2.04 bits per heavy atom. The smallest absolute Gasteiger partial charge is 0.252 e. The van der Waals surface area contributed by atoms with Gasteiger partial charge in [-0.05, 0) is 42.3 Å². The normalized spacial score (nSPS) is 11.1. The summed E-state index contributed by atoms with van der Waals surface area (Å²) in [4.78, 5) is 19.0. The average molecular weight is 331 g/mol. The molecule has 25 heavy (non-hydrogen) atoms. The van der Waals surface area contributed by atoms with Gasteiger partial charge in [0.2, 0.25) is 0 Å². The average Bonchev–Trinajstić information content (AvgIpc) is 3.05. The summed E-state index contributed by atoms with van der Waals surface area (Å²) in [5.74, 6) is 0.887. The van der Waals surface area contributed by atoms with Crippen LogP contribution in [0.1, 0.15) is 12.5 Å². The van der Waals surface area contributed by atoms with Crippen LogP contribution in [0, 0.1) is 0 Å². The van der Waals surface area contributed by atoms with Crippen LogP contribution in [-0.4, -0.2) is 19.6 Å². The summed E-state index contributed by atoms with van der Waals surface area (Å²) in [6.07, 6.45) is 4.37. The van der Waals surface area contributed by atoms with Crippen LogP contribution >= 0.6 is 0 Å². The molecule has 124 valence electrons. The summed E-state index contributed by atoms with van der Waals surface area (Å²) in [5.41, 5.74) is 3.00. The summed E-state index contributed by atoms with van der Waals surface area (Å²) >= 11 is 0. The minimum absolute atomic E-state index is 0.0346. The fourth-order valence-corrected chi connectivity index (χ4v) is 3.17. The zero-order valence-corrected chi connectivity index (χ0v) is 13.7. The van der Waals surface area contributed by atoms with Crippen LogP contribution in [0.3, 0.4) is 0 Å². The van der Waals surface area contributed by atoms with Gasteiger partial charge in [0.05, 0.1) is 11.2 Å². The summed E-state index contributed by atoms with van der Waals surface area (Å²) in [7, 11) is 0. The fourth-order valence-electron chi connectivity index (χ4n) is 3.17. The van der Waals surface area contributed by atoms with Gasteiger partial charge in [0.15, 0.2) is 0 Å². The molecule has 0 aliphatic heterocycles. The Balaban J connectivity index is 1.88. The quantitative estimate of drug-likeness (QED) is 0.602. The van der Waals surface area contributed by atoms with Crippen molar-refractivity contribution in [2.24, 2.45) is 0 Å². The van der Waals surface area contributed by atoms with E-state index < -0.39 is 0 Å². The predicted molar refractivity (Wildman–Crippen MR) is 98.2 cm³/mol. The molecule has 4 rings (SSSR count). The van der Waals surface area contributed by atoms with Crippen molar-refractivity contribution >= 4 is 10.9 Å². The summed E-state index contributed by atoms with van der Waals surface area (Å²) in [6, 6.07) is 15.0. The molecule has 0 amide bonds. The van der Waals surface area contributed by atoms with Gasteiger partial charge >= 0.3 is 0 Å². The van der Waals surface area contributed by atoms with Gasteiger partial charge in [0, 0.05) is 29.4 Å². The lowest BCUT2D eigenvalue weighted by Crippen LogP contribution is -2.07. The highest BCUT2D eigenvalue weighted by Gasteiger charge is 2.12. The maximum atomic E-state index is 11.8. The van der Waals surface area contributed by atoms with Crippen LogP contribution in [0.2, 0.25) is 0 Å². The molecule has 0 atom stereocenters. The van der Waals surface area contributed by atoms with Gasteiger partial charge in [0.1, 0.15) is 11.6 Å². The number of rotatable bonds is 3. The highest BCUT2D eigenvalue weighted by atomic mass is 16.3. The number of aromatic hydroxyl groups is 1. The van der Waals surface area contributed by atoms with Gasteiger partial charge < -0.3 is 14.7 Å². The molecular formula is C20H17N3O2.